The van der Waals surface area contributed by atoms with Gasteiger partial charge in [0.25, 0.3) is 0 Å². The first-order valence-electron chi connectivity index (χ1n) is 11.1. The summed E-state index contributed by atoms with van der Waals surface area (Å²) in [6, 6.07) is 0. The minimum absolute atomic E-state index is 0.113. The molecule has 4 aliphatic carbocycles. The monoisotopic (exact) mass is 452 g/mol. The molecule has 0 aromatic heterocycles. The van der Waals surface area contributed by atoms with Gasteiger partial charge in [-0.25, -0.2) is 0 Å². The van der Waals surface area contributed by atoms with E-state index in [2.05, 4.69) is 29.8 Å². The Balaban J connectivity index is 1.45. The lowest BCUT2D eigenvalue weighted by Gasteiger charge is -2.59. The predicted octanol–water partition coefficient (Wildman–Crippen LogP) is 5.35. The van der Waals surface area contributed by atoms with Crippen molar-refractivity contribution in [2.45, 2.75) is 84.0 Å². The van der Waals surface area contributed by atoms with Gasteiger partial charge in [0.1, 0.15) is 6.10 Å². The lowest BCUT2D eigenvalue weighted by atomic mass is 9.47. The highest BCUT2D eigenvalue weighted by molar-refractivity contribution is 9.11. The van der Waals surface area contributed by atoms with Crippen LogP contribution in [0.1, 0.15) is 72.1 Å². The third-order valence-electron chi connectivity index (χ3n) is 9.22. The maximum Gasteiger partial charge on any atom is 0.302 e. The summed E-state index contributed by atoms with van der Waals surface area (Å²) in [5.41, 5.74) is 1.96. The Labute approximate surface area is 176 Å². The first kappa shape index (κ1) is 19.6. The van der Waals surface area contributed by atoms with Gasteiger partial charge in [0, 0.05) is 18.8 Å². The van der Waals surface area contributed by atoms with Crippen LogP contribution in [0.5, 0.6) is 0 Å². The van der Waals surface area contributed by atoms with E-state index in [1.54, 1.807) is 12.5 Å². The maximum atomic E-state index is 11.6. The maximum absolute atomic E-state index is 11.6. The summed E-state index contributed by atoms with van der Waals surface area (Å²) in [5.74, 6) is 1.53. The Bertz CT molecular complexity index is 711. The molecule has 1 aliphatic heterocycles. The van der Waals surface area contributed by atoms with E-state index in [0.717, 1.165) is 37.5 Å². The van der Waals surface area contributed by atoms with Crippen LogP contribution < -0.4 is 0 Å². The van der Waals surface area contributed by atoms with E-state index in [9.17, 15) is 4.79 Å². The Morgan fingerprint density at radius 2 is 1.79 bits per heavy atom. The van der Waals surface area contributed by atoms with Crippen LogP contribution in [0.4, 0.5) is 0 Å². The molecule has 5 aliphatic rings. The third kappa shape index (κ3) is 2.58. The molecule has 156 valence electrons. The van der Waals surface area contributed by atoms with Crippen molar-refractivity contribution in [2.75, 3.05) is 13.2 Å². The standard InChI is InChI=1S/C23H33BrO4/c1-14(25)28-19-7-6-16-15-4-5-18-20(24)23(26-12-13-27-23)11-10-21(18,2)17(15)8-9-22(16,19)3/h15-17,19H,4-13H2,1-3H3/t15-,16-,17-,19-,21+,22-/m0/s1. The van der Waals surface area contributed by atoms with E-state index in [4.69, 9.17) is 14.2 Å². The molecule has 28 heavy (non-hydrogen) atoms. The first-order chi connectivity index (χ1) is 13.3. The molecular weight excluding hydrogens is 420 g/mol. The minimum atomic E-state index is -0.501. The van der Waals surface area contributed by atoms with E-state index >= 15 is 0 Å². The van der Waals surface area contributed by atoms with E-state index in [1.807, 2.05) is 0 Å². The van der Waals surface area contributed by atoms with Crippen LogP contribution in [0.2, 0.25) is 0 Å². The highest BCUT2D eigenvalue weighted by atomic mass is 79.9. The van der Waals surface area contributed by atoms with Crippen molar-refractivity contribution in [3.05, 3.63) is 10.1 Å². The van der Waals surface area contributed by atoms with E-state index in [-0.39, 0.29) is 22.9 Å². The largest absolute Gasteiger partial charge is 0.462 e. The average molecular weight is 453 g/mol. The van der Waals surface area contributed by atoms with Crippen molar-refractivity contribution in [2.24, 2.45) is 28.6 Å². The van der Waals surface area contributed by atoms with Crippen molar-refractivity contribution in [3.8, 4) is 0 Å². The van der Waals surface area contributed by atoms with Crippen LogP contribution >= 0.6 is 15.9 Å². The molecule has 0 unspecified atom stereocenters. The summed E-state index contributed by atoms with van der Waals surface area (Å²) >= 11 is 3.94. The summed E-state index contributed by atoms with van der Waals surface area (Å²) < 4.78 is 19.2. The summed E-state index contributed by atoms with van der Waals surface area (Å²) in [6.07, 6.45) is 9.26. The zero-order chi connectivity index (χ0) is 19.7. The van der Waals surface area contributed by atoms with E-state index in [1.165, 1.54) is 30.2 Å². The number of halogens is 1. The lowest BCUT2D eigenvalue weighted by molar-refractivity contribution is -0.160. The Hall–Kier alpha value is -0.390. The van der Waals surface area contributed by atoms with Crippen LogP contribution in [0.25, 0.3) is 0 Å². The number of hydrogen-bond donors (Lipinski definition) is 0. The van der Waals surface area contributed by atoms with Crippen LogP contribution in [0.3, 0.4) is 0 Å². The molecule has 1 saturated heterocycles. The van der Waals surface area contributed by atoms with Gasteiger partial charge in [-0.2, -0.15) is 0 Å². The van der Waals surface area contributed by atoms with Crippen LogP contribution in [-0.4, -0.2) is 31.1 Å². The zero-order valence-electron chi connectivity index (χ0n) is 17.4. The highest BCUT2D eigenvalue weighted by Gasteiger charge is 2.62. The van der Waals surface area contributed by atoms with Crippen molar-refractivity contribution >= 4 is 21.9 Å². The topological polar surface area (TPSA) is 44.8 Å². The Morgan fingerprint density at radius 1 is 1.04 bits per heavy atom. The fraction of sp³-hybridized carbons (Fsp3) is 0.870. The summed E-state index contributed by atoms with van der Waals surface area (Å²) in [7, 11) is 0. The van der Waals surface area contributed by atoms with Gasteiger partial charge >= 0.3 is 5.97 Å². The van der Waals surface area contributed by atoms with Crippen molar-refractivity contribution in [1.29, 1.82) is 0 Å². The number of rotatable bonds is 1. The molecule has 3 saturated carbocycles. The molecule has 0 aromatic carbocycles. The fourth-order valence-electron chi connectivity index (χ4n) is 7.83. The molecular formula is C23H33BrO4. The Morgan fingerprint density at radius 3 is 2.50 bits per heavy atom. The highest BCUT2D eigenvalue weighted by Crippen LogP contribution is 2.67. The second-order valence-corrected chi connectivity index (χ2v) is 11.1. The molecule has 0 radical (unpaired) electrons. The van der Waals surface area contributed by atoms with E-state index in [0.29, 0.717) is 19.1 Å². The van der Waals surface area contributed by atoms with Crippen LogP contribution in [0.15, 0.2) is 10.1 Å². The van der Waals surface area contributed by atoms with Gasteiger partial charge in [0.2, 0.25) is 5.79 Å². The Kier molecular flexibility index (Phi) is 4.58. The molecule has 1 spiro atoms. The number of ether oxygens (including phenoxy) is 3. The number of carbonyl (C=O) groups excluding carboxylic acids is 1. The summed E-state index contributed by atoms with van der Waals surface area (Å²) in [5, 5.41) is 0. The molecule has 0 amide bonds. The number of carbonyl (C=O) groups is 1. The van der Waals surface area contributed by atoms with Gasteiger partial charge in [-0.3, -0.25) is 4.79 Å². The molecule has 0 aromatic rings. The number of hydrogen-bond acceptors (Lipinski definition) is 4. The van der Waals surface area contributed by atoms with E-state index < -0.39 is 5.79 Å². The van der Waals surface area contributed by atoms with Gasteiger partial charge in [0.15, 0.2) is 0 Å². The molecule has 5 heteroatoms. The minimum Gasteiger partial charge on any atom is -0.462 e. The predicted molar refractivity (Wildman–Crippen MR) is 110 cm³/mol. The zero-order valence-corrected chi connectivity index (χ0v) is 19.0. The quantitative estimate of drug-likeness (QED) is 0.503. The first-order valence-corrected chi connectivity index (χ1v) is 11.9. The van der Waals surface area contributed by atoms with Crippen molar-refractivity contribution in [3.63, 3.8) is 0 Å². The summed E-state index contributed by atoms with van der Waals surface area (Å²) in [4.78, 5) is 11.6. The average Bonchev–Trinajstić information content (AvgIpc) is 3.25. The van der Waals surface area contributed by atoms with Gasteiger partial charge in [-0.1, -0.05) is 13.8 Å². The number of allylic oxidation sites excluding steroid dienone is 1. The van der Waals surface area contributed by atoms with Crippen LogP contribution in [0, 0.1) is 28.6 Å². The van der Waals surface area contributed by atoms with Gasteiger partial charge in [-0.15, -0.1) is 0 Å². The number of esters is 1. The molecule has 4 fully saturated rings. The fourth-order valence-corrected chi connectivity index (χ4v) is 8.91. The summed E-state index contributed by atoms with van der Waals surface area (Å²) in [6.45, 7) is 7.85. The van der Waals surface area contributed by atoms with Crippen LogP contribution in [-0.2, 0) is 19.0 Å². The molecule has 1 heterocycles. The molecule has 4 nitrogen and oxygen atoms in total. The molecule has 6 atom stereocenters. The second kappa shape index (κ2) is 6.55. The van der Waals surface area contributed by atoms with Crippen molar-refractivity contribution < 1.29 is 19.0 Å². The smallest absolute Gasteiger partial charge is 0.302 e. The normalized spacial score (nSPS) is 46.9. The molecule has 0 N–H and O–H groups in total. The second-order valence-electron chi connectivity index (χ2n) is 10.3. The van der Waals surface area contributed by atoms with Crippen molar-refractivity contribution in [1.82, 2.24) is 0 Å². The molecule has 0 bridgehead atoms. The third-order valence-corrected chi connectivity index (χ3v) is 10.3. The SMILES string of the molecule is CC(=O)O[C@H]1CC[C@H]2[C@@H]3CCC4=C(Br)C5(CC[C@]4(C)[C@H]3CC[C@]12C)OCCO5. The lowest BCUT2D eigenvalue weighted by Crippen LogP contribution is -2.53. The van der Waals surface area contributed by atoms with Gasteiger partial charge < -0.3 is 14.2 Å². The van der Waals surface area contributed by atoms with Gasteiger partial charge in [-0.05, 0) is 89.6 Å². The van der Waals surface area contributed by atoms with Gasteiger partial charge in [0.05, 0.1) is 17.7 Å². The number of fused-ring (bicyclic) bond motifs is 5. The molecule has 5 rings (SSSR count).